The zero-order chi connectivity index (χ0) is 17.5. The molecule has 0 N–H and O–H groups in total. The van der Waals surface area contributed by atoms with Crippen molar-refractivity contribution in [2.45, 2.75) is 19.8 Å². The van der Waals surface area contributed by atoms with Crippen LogP contribution in [0.4, 0.5) is 0 Å². The van der Waals surface area contributed by atoms with Crippen LogP contribution >= 0.6 is 0 Å². The summed E-state index contributed by atoms with van der Waals surface area (Å²) < 4.78 is 2.46. The molecule has 1 aliphatic rings. The van der Waals surface area contributed by atoms with Gasteiger partial charge in [-0.15, -0.1) is 0 Å². The second-order valence-electron chi connectivity index (χ2n) is 7.09. The first kappa shape index (κ1) is 15.2. The summed E-state index contributed by atoms with van der Waals surface area (Å²) in [5.74, 6) is 0. The van der Waals surface area contributed by atoms with E-state index in [9.17, 15) is 0 Å². The molecule has 5 rings (SSSR count). The Balaban J connectivity index is 1.91. The van der Waals surface area contributed by atoms with E-state index in [1.165, 1.54) is 44.5 Å². The first-order chi connectivity index (χ1) is 12.8. The van der Waals surface area contributed by atoms with Gasteiger partial charge in [0.25, 0.3) is 0 Å². The fraction of sp³-hybridized carbons (Fsp3) is 0.120. The molecule has 1 nitrogen and oxygen atoms in total. The number of benzene rings is 3. The van der Waals surface area contributed by atoms with E-state index in [-0.39, 0.29) is 0 Å². The van der Waals surface area contributed by atoms with Crippen LogP contribution in [0.5, 0.6) is 0 Å². The smallest absolute Gasteiger partial charge is 0.0543 e. The van der Waals surface area contributed by atoms with E-state index >= 15 is 0 Å². The number of hydrogen-bond donors (Lipinski definition) is 0. The Bertz CT molecular complexity index is 1120. The molecule has 0 fully saturated rings. The average Bonchev–Trinajstić information content (AvgIpc) is 3.03. The van der Waals surface area contributed by atoms with Gasteiger partial charge in [0.05, 0.1) is 5.52 Å². The van der Waals surface area contributed by atoms with Crippen LogP contribution in [-0.2, 0) is 6.42 Å². The molecule has 0 spiro atoms. The fourth-order valence-electron chi connectivity index (χ4n) is 4.19. The minimum absolute atomic E-state index is 1.09. The lowest BCUT2D eigenvalue weighted by atomic mass is 9.93. The van der Waals surface area contributed by atoms with Gasteiger partial charge >= 0.3 is 0 Å². The fourth-order valence-corrected chi connectivity index (χ4v) is 4.19. The van der Waals surface area contributed by atoms with E-state index < -0.39 is 0 Å². The second-order valence-corrected chi connectivity index (χ2v) is 7.09. The number of nitrogens with zero attached hydrogens (tertiary/aromatic N) is 1. The van der Waals surface area contributed by atoms with Crippen molar-refractivity contribution < 1.29 is 0 Å². The standard InChI is InChI=1S/C25H21N/c1-18-15-16-23-22(17-18)25-21(19-9-4-2-5-10-19)13-8-14-24(25)26(23)20-11-6-3-7-12-20/h2-14,17H,15-16H2,1H3. The van der Waals surface area contributed by atoms with Crippen LogP contribution in [0.2, 0.25) is 0 Å². The van der Waals surface area contributed by atoms with Crippen LogP contribution in [0.15, 0.2) is 84.4 Å². The summed E-state index contributed by atoms with van der Waals surface area (Å²) in [6.45, 7) is 2.25. The highest BCUT2D eigenvalue weighted by atomic mass is 15.0. The van der Waals surface area contributed by atoms with Crippen LogP contribution in [0, 0.1) is 0 Å². The molecule has 26 heavy (non-hydrogen) atoms. The Hall–Kier alpha value is -3.06. The number of aromatic nitrogens is 1. The summed E-state index contributed by atoms with van der Waals surface area (Å²) in [6, 6.07) is 28.2. The lowest BCUT2D eigenvalue weighted by Gasteiger charge is -2.15. The van der Waals surface area contributed by atoms with Gasteiger partial charge in [-0.1, -0.05) is 72.3 Å². The summed E-state index contributed by atoms with van der Waals surface area (Å²) in [6.07, 6.45) is 4.62. The molecule has 0 aliphatic heterocycles. The first-order valence-electron chi connectivity index (χ1n) is 9.27. The van der Waals surface area contributed by atoms with E-state index in [2.05, 4.69) is 96.4 Å². The van der Waals surface area contributed by atoms with Crippen molar-refractivity contribution >= 4 is 17.0 Å². The molecule has 0 saturated heterocycles. The van der Waals surface area contributed by atoms with Crippen LogP contribution in [0.3, 0.4) is 0 Å². The minimum atomic E-state index is 1.09. The molecule has 1 heterocycles. The third-order valence-electron chi connectivity index (χ3n) is 5.38. The van der Waals surface area contributed by atoms with Gasteiger partial charge in [0.1, 0.15) is 0 Å². The Labute approximate surface area is 154 Å². The van der Waals surface area contributed by atoms with Gasteiger partial charge < -0.3 is 4.57 Å². The third kappa shape index (κ3) is 2.32. The molecule has 3 aromatic carbocycles. The molecule has 0 atom stereocenters. The maximum absolute atomic E-state index is 2.46. The zero-order valence-corrected chi connectivity index (χ0v) is 14.9. The van der Waals surface area contributed by atoms with Gasteiger partial charge in [0.15, 0.2) is 0 Å². The lowest BCUT2D eigenvalue weighted by Crippen LogP contribution is -2.04. The number of fused-ring (bicyclic) bond motifs is 3. The van der Waals surface area contributed by atoms with Gasteiger partial charge in [-0.2, -0.15) is 0 Å². The molecule has 1 aliphatic carbocycles. The zero-order valence-electron chi connectivity index (χ0n) is 14.9. The van der Waals surface area contributed by atoms with Crippen molar-refractivity contribution in [2.75, 3.05) is 0 Å². The minimum Gasteiger partial charge on any atom is -0.313 e. The van der Waals surface area contributed by atoms with Crippen LogP contribution in [0.25, 0.3) is 33.8 Å². The van der Waals surface area contributed by atoms with Crippen molar-refractivity contribution in [2.24, 2.45) is 0 Å². The quantitative estimate of drug-likeness (QED) is 0.386. The van der Waals surface area contributed by atoms with E-state index in [1.807, 2.05) is 0 Å². The highest BCUT2D eigenvalue weighted by Gasteiger charge is 2.22. The third-order valence-corrected chi connectivity index (χ3v) is 5.38. The van der Waals surface area contributed by atoms with Gasteiger partial charge in [-0.25, -0.2) is 0 Å². The Morgan fingerprint density at radius 3 is 2.23 bits per heavy atom. The van der Waals surface area contributed by atoms with Crippen LogP contribution < -0.4 is 0 Å². The maximum Gasteiger partial charge on any atom is 0.0543 e. The average molecular weight is 335 g/mol. The van der Waals surface area contributed by atoms with Crippen molar-refractivity contribution in [3.63, 3.8) is 0 Å². The van der Waals surface area contributed by atoms with Gasteiger partial charge in [0.2, 0.25) is 0 Å². The topological polar surface area (TPSA) is 4.93 Å². The molecular weight excluding hydrogens is 314 g/mol. The maximum atomic E-state index is 2.46. The SMILES string of the molecule is CC1=Cc2c(n(-c3ccccc3)c3cccc(-c4ccccc4)c23)CC1. The highest BCUT2D eigenvalue weighted by Crippen LogP contribution is 2.40. The van der Waals surface area contributed by atoms with Gasteiger partial charge in [-0.3, -0.25) is 0 Å². The molecule has 4 aromatic rings. The summed E-state index contributed by atoms with van der Waals surface area (Å²) in [5, 5.41) is 1.37. The molecule has 1 heteroatoms. The van der Waals surface area contributed by atoms with Crippen molar-refractivity contribution in [3.05, 3.63) is 95.7 Å². The second kappa shape index (κ2) is 6.03. The summed E-state index contributed by atoms with van der Waals surface area (Å²) >= 11 is 0. The summed E-state index contributed by atoms with van der Waals surface area (Å²) in [4.78, 5) is 0. The van der Waals surface area contributed by atoms with E-state index in [4.69, 9.17) is 0 Å². The van der Waals surface area contributed by atoms with Crippen LogP contribution in [-0.4, -0.2) is 4.57 Å². The number of hydrogen-bond acceptors (Lipinski definition) is 0. The molecule has 126 valence electrons. The van der Waals surface area contributed by atoms with Gasteiger partial charge in [0, 0.05) is 22.3 Å². The van der Waals surface area contributed by atoms with E-state index in [0.29, 0.717) is 0 Å². The molecular formula is C25H21N. The first-order valence-corrected chi connectivity index (χ1v) is 9.27. The molecule has 1 aromatic heterocycles. The Morgan fingerprint density at radius 1 is 0.731 bits per heavy atom. The van der Waals surface area contributed by atoms with E-state index in [0.717, 1.165) is 12.8 Å². The monoisotopic (exact) mass is 335 g/mol. The number of para-hydroxylation sites is 1. The highest BCUT2D eigenvalue weighted by molar-refractivity contribution is 6.03. The molecule has 0 saturated carbocycles. The largest absolute Gasteiger partial charge is 0.313 e. The van der Waals surface area contributed by atoms with Crippen molar-refractivity contribution in [3.8, 4) is 16.8 Å². The lowest BCUT2D eigenvalue weighted by molar-refractivity contribution is 0.856. The molecule has 0 unspecified atom stereocenters. The number of rotatable bonds is 2. The predicted octanol–water partition coefficient (Wildman–Crippen LogP) is 6.65. The Kier molecular flexibility index (Phi) is 3.53. The predicted molar refractivity (Wildman–Crippen MR) is 111 cm³/mol. The van der Waals surface area contributed by atoms with Crippen molar-refractivity contribution in [1.29, 1.82) is 0 Å². The van der Waals surface area contributed by atoms with Crippen LogP contribution in [0.1, 0.15) is 24.6 Å². The van der Waals surface area contributed by atoms with Crippen molar-refractivity contribution in [1.82, 2.24) is 4.57 Å². The Morgan fingerprint density at radius 2 is 1.46 bits per heavy atom. The summed E-state index contributed by atoms with van der Waals surface area (Å²) in [5.41, 5.74) is 9.44. The molecule has 0 radical (unpaired) electrons. The normalized spacial score (nSPS) is 13.5. The number of allylic oxidation sites excluding steroid dienone is 1. The van der Waals surface area contributed by atoms with Gasteiger partial charge in [-0.05, 0) is 49.1 Å². The summed E-state index contributed by atoms with van der Waals surface area (Å²) in [7, 11) is 0. The van der Waals surface area contributed by atoms with E-state index in [1.54, 1.807) is 0 Å². The molecule has 0 bridgehead atoms. The molecule has 0 amide bonds.